The molecule has 1 N–H and O–H groups in total. The fourth-order valence-corrected chi connectivity index (χ4v) is 1.61. The Kier molecular flexibility index (Phi) is 2.56. The van der Waals surface area contributed by atoms with E-state index in [9.17, 15) is 0 Å². The van der Waals surface area contributed by atoms with Gasteiger partial charge >= 0.3 is 0 Å². The van der Waals surface area contributed by atoms with Crippen molar-refractivity contribution in [2.75, 3.05) is 19.6 Å². The number of nitrogens with zero attached hydrogens (tertiary/aromatic N) is 3. The van der Waals surface area contributed by atoms with Crippen LogP contribution in [-0.4, -0.2) is 40.7 Å². The highest BCUT2D eigenvalue weighted by atomic mass is 16.5. The number of rotatable bonds is 2. The van der Waals surface area contributed by atoms with E-state index in [0.29, 0.717) is 11.9 Å². The molecule has 5 nitrogen and oxygen atoms in total. The minimum absolute atomic E-state index is 0.552. The Morgan fingerprint density at radius 2 is 2.69 bits per heavy atom. The lowest BCUT2D eigenvalue weighted by Gasteiger charge is -2.30. The summed E-state index contributed by atoms with van der Waals surface area (Å²) < 4.78 is 4.95. The third-order valence-electron chi connectivity index (χ3n) is 2.22. The summed E-state index contributed by atoms with van der Waals surface area (Å²) in [5.41, 5.74) is 0. The van der Waals surface area contributed by atoms with E-state index in [1.165, 1.54) is 6.33 Å². The predicted octanol–water partition coefficient (Wildman–Crippen LogP) is -0.137. The second-order valence-corrected chi connectivity index (χ2v) is 3.43. The minimum Gasteiger partial charge on any atom is -0.338 e. The van der Waals surface area contributed by atoms with E-state index in [0.717, 1.165) is 26.2 Å². The lowest BCUT2D eigenvalue weighted by molar-refractivity contribution is 0.177. The van der Waals surface area contributed by atoms with Crippen LogP contribution < -0.4 is 5.32 Å². The Morgan fingerprint density at radius 1 is 1.77 bits per heavy atom. The fraction of sp³-hybridized carbons (Fsp3) is 0.750. The number of aromatic nitrogens is 2. The van der Waals surface area contributed by atoms with Crippen LogP contribution in [0.15, 0.2) is 10.9 Å². The quantitative estimate of drug-likeness (QED) is 0.690. The molecule has 1 saturated heterocycles. The van der Waals surface area contributed by atoms with Crippen LogP contribution in [0.1, 0.15) is 12.8 Å². The van der Waals surface area contributed by atoms with Gasteiger partial charge in [-0.1, -0.05) is 5.16 Å². The van der Waals surface area contributed by atoms with Gasteiger partial charge in [0.15, 0.2) is 6.33 Å². The van der Waals surface area contributed by atoms with E-state index in [1.54, 1.807) is 0 Å². The molecule has 0 aromatic carbocycles. The van der Waals surface area contributed by atoms with E-state index >= 15 is 0 Å². The third-order valence-corrected chi connectivity index (χ3v) is 2.22. The number of nitrogens with one attached hydrogen (secondary N) is 1. The van der Waals surface area contributed by atoms with Crippen molar-refractivity contribution < 1.29 is 4.52 Å². The molecular formula is C8H14N4O. The second-order valence-electron chi connectivity index (χ2n) is 3.43. The molecule has 13 heavy (non-hydrogen) atoms. The SMILES string of the molecule is C[C@H]1CN(Cc2ncno2)CCN1. The molecule has 1 atom stereocenters. The first kappa shape index (κ1) is 8.65. The molecular weight excluding hydrogens is 168 g/mol. The lowest BCUT2D eigenvalue weighted by Crippen LogP contribution is -2.48. The summed E-state index contributed by atoms with van der Waals surface area (Å²) in [4.78, 5) is 6.31. The first-order valence-corrected chi connectivity index (χ1v) is 4.56. The predicted molar refractivity (Wildman–Crippen MR) is 47.0 cm³/mol. The van der Waals surface area contributed by atoms with Crippen molar-refractivity contribution in [3.63, 3.8) is 0 Å². The van der Waals surface area contributed by atoms with Crippen molar-refractivity contribution in [3.05, 3.63) is 12.2 Å². The Bertz CT molecular complexity index is 249. The average Bonchev–Trinajstić information content (AvgIpc) is 2.57. The van der Waals surface area contributed by atoms with Gasteiger partial charge in [0, 0.05) is 25.7 Å². The van der Waals surface area contributed by atoms with Crippen LogP contribution >= 0.6 is 0 Å². The van der Waals surface area contributed by atoms with Crippen LogP contribution in [0.2, 0.25) is 0 Å². The van der Waals surface area contributed by atoms with Gasteiger partial charge in [-0.15, -0.1) is 0 Å². The summed E-state index contributed by atoms with van der Waals surface area (Å²) in [6, 6.07) is 0.552. The van der Waals surface area contributed by atoms with Crippen LogP contribution in [0.4, 0.5) is 0 Å². The highest BCUT2D eigenvalue weighted by molar-refractivity contribution is 4.80. The van der Waals surface area contributed by atoms with Crippen LogP contribution in [-0.2, 0) is 6.54 Å². The molecule has 0 radical (unpaired) electrons. The summed E-state index contributed by atoms with van der Waals surface area (Å²) in [5, 5.41) is 6.96. The van der Waals surface area contributed by atoms with Crippen LogP contribution in [0.5, 0.6) is 0 Å². The molecule has 1 aliphatic rings. The van der Waals surface area contributed by atoms with Crippen molar-refractivity contribution in [2.45, 2.75) is 19.5 Å². The fourth-order valence-electron chi connectivity index (χ4n) is 1.61. The van der Waals surface area contributed by atoms with Crippen molar-refractivity contribution in [2.24, 2.45) is 0 Å². The molecule has 5 heteroatoms. The maximum Gasteiger partial charge on any atom is 0.240 e. The zero-order valence-electron chi connectivity index (χ0n) is 7.73. The molecule has 0 saturated carbocycles. The van der Waals surface area contributed by atoms with Crippen LogP contribution in [0, 0.1) is 0 Å². The maximum atomic E-state index is 4.95. The normalized spacial score (nSPS) is 24.8. The molecule has 2 rings (SSSR count). The molecule has 0 unspecified atom stereocenters. The molecule has 72 valence electrons. The molecule has 1 fully saturated rings. The second kappa shape index (κ2) is 3.85. The molecule has 2 heterocycles. The number of hydrogen-bond donors (Lipinski definition) is 1. The summed E-state index contributed by atoms with van der Waals surface area (Å²) in [6.45, 7) is 6.08. The Balaban J connectivity index is 1.87. The number of piperazine rings is 1. The van der Waals surface area contributed by atoms with Gasteiger partial charge in [-0.25, -0.2) is 0 Å². The zero-order chi connectivity index (χ0) is 9.10. The number of hydrogen-bond acceptors (Lipinski definition) is 5. The summed E-state index contributed by atoms with van der Waals surface area (Å²) >= 11 is 0. The minimum atomic E-state index is 0.552. The van der Waals surface area contributed by atoms with Gasteiger partial charge in [0.05, 0.1) is 6.54 Å². The first-order chi connectivity index (χ1) is 6.34. The van der Waals surface area contributed by atoms with Gasteiger partial charge in [-0.2, -0.15) is 4.98 Å². The first-order valence-electron chi connectivity index (χ1n) is 4.56. The van der Waals surface area contributed by atoms with E-state index in [-0.39, 0.29) is 0 Å². The van der Waals surface area contributed by atoms with Crippen molar-refractivity contribution in [1.29, 1.82) is 0 Å². The summed E-state index contributed by atoms with van der Waals surface area (Å²) in [5.74, 6) is 0.703. The average molecular weight is 182 g/mol. The summed E-state index contributed by atoms with van der Waals surface area (Å²) in [7, 11) is 0. The highest BCUT2D eigenvalue weighted by Crippen LogP contribution is 2.03. The summed E-state index contributed by atoms with van der Waals surface area (Å²) in [6.07, 6.45) is 1.45. The third kappa shape index (κ3) is 2.26. The smallest absolute Gasteiger partial charge is 0.240 e. The largest absolute Gasteiger partial charge is 0.338 e. The van der Waals surface area contributed by atoms with Crippen molar-refractivity contribution in [3.8, 4) is 0 Å². The van der Waals surface area contributed by atoms with Gasteiger partial charge in [-0.05, 0) is 6.92 Å². The highest BCUT2D eigenvalue weighted by Gasteiger charge is 2.16. The standard InChI is InChI=1S/C8H14N4O/c1-7-4-12(3-2-9-7)5-8-10-6-11-13-8/h6-7,9H,2-5H2,1H3/t7-/m0/s1. The molecule has 0 aliphatic carbocycles. The van der Waals surface area contributed by atoms with Gasteiger partial charge in [0.25, 0.3) is 0 Å². The maximum absolute atomic E-state index is 4.95. The Hall–Kier alpha value is -0.940. The molecule has 0 bridgehead atoms. The van der Waals surface area contributed by atoms with Crippen molar-refractivity contribution >= 4 is 0 Å². The van der Waals surface area contributed by atoms with Gasteiger partial charge in [0.2, 0.25) is 5.89 Å². The lowest BCUT2D eigenvalue weighted by atomic mass is 10.2. The van der Waals surface area contributed by atoms with Crippen LogP contribution in [0.25, 0.3) is 0 Å². The monoisotopic (exact) mass is 182 g/mol. The van der Waals surface area contributed by atoms with E-state index in [1.807, 2.05) is 0 Å². The Labute approximate surface area is 77.1 Å². The van der Waals surface area contributed by atoms with E-state index < -0.39 is 0 Å². The molecule has 1 aromatic heterocycles. The van der Waals surface area contributed by atoms with E-state index in [2.05, 4.69) is 27.3 Å². The van der Waals surface area contributed by atoms with Gasteiger partial charge < -0.3 is 9.84 Å². The molecule has 0 amide bonds. The molecule has 1 aromatic rings. The van der Waals surface area contributed by atoms with E-state index in [4.69, 9.17) is 4.52 Å². The van der Waals surface area contributed by atoms with Crippen LogP contribution in [0.3, 0.4) is 0 Å². The van der Waals surface area contributed by atoms with Gasteiger partial charge in [0.1, 0.15) is 0 Å². The van der Waals surface area contributed by atoms with Gasteiger partial charge in [-0.3, -0.25) is 4.90 Å². The zero-order valence-corrected chi connectivity index (χ0v) is 7.73. The molecule has 0 spiro atoms. The topological polar surface area (TPSA) is 54.2 Å². The van der Waals surface area contributed by atoms with Crippen molar-refractivity contribution in [1.82, 2.24) is 20.4 Å². The molecule has 1 aliphatic heterocycles. The Morgan fingerprint density at radius 3 is 3.38 bits per heavy atom.